The van der Waals surface area contributed by atoms with Crippen molar-refractivity contribution in [3.05, 3.63) is 48.6 Å². The van der Waals surface area contributed by atoms with E-state index in [1.165, 1.54) is 11.0 Å². The van der Waals surface area contributed by atoms with E-state index in [1.54, 1.807) is 0 Å². The molecule has 5 amide bonds. The molecule has 1 heterocycles. The minimum atomic E-state index is -1.14. The average molecular weight is 634 g/mol. The molecule has 2 aliphatic rings. The number of nitrogens with one attached hydrogen (secondary N) is 4. The maximum Gasteiger partial charge on any atom is 0.315 e. The minimum absolute atomic E-state index is 0.00118. The van der Waals surface area contributed by atoms with Crippen LogP contribution in [-0.2, 0) is 25.6 Å². The molecule has 0 bridgehead atoms. The number of urea groups is 1. The van der Waals surface area contributed by atoms with Gasteiger partial charge in [0.15, 0.2) is 0 Å². The van der Waals surface area contributed by atoms with Gasteiger partial charge in [-0.2, -0.15) is 0 Å². The summed E-state index contributed by atoms with van der Waals surface area (Å²) in [6, 6.07) is 6.74. The topological polar surface area (TPSA) is 137 Å². The molecule has 250 valence electrons. The number of likely N-dealkylation sites (tertiary alicyclic amines) is 1. The molecule has 10 heteroatoms. The molecule has 3 unspecified atom stereocenters. The summed E-state index contributed by atoms with van der Waals surface area (Å²) in [5.41, 5.74) is 0.0531. The number of benzene rings is 1. The van der Waals surface area contributed by atoms with Crippen molar-refractivity contribution < 1.29 is 24.0 Å². The highest BCUT2D eigenvalue weighted by Crippen LogP contribution is 2.32. The van der Waals surface area contributed by atoms with Gasteiger partial charge in [-0.3, -0.25) is 19.2 Å². The van der Waals surface area contributed by atoms with Crippen LogP contribution in [0.2, 0.25) is 0 Å². The summed E-state index contributed by atoms with van der Waals surface area (Å²) in [5, 5.41) is 11.4. The van der Waals surface area contributed by atoms with Crippen molar-refractivity contribution in [2.45, 2.75) is 109 Å². The molecule has 1 aliphatic heterocycles. The van der Waals surface area contributed by atoms with Crippen molar-refractivity contribution in [2.75, 3.05) is 13.1 Å². The fraction of sp³-hybridized carbons (Fsp3) is 0.583. The molecule has 4 atom stereocenters. The number of rotatable bonds is 13. The summed E-state index contributed by atoms with van der Waals surface area (Å²) in [6.07, 6.45) is 13.0. The second-order valence-electron chi connectivity index (χ2n) is 13.9. The smallest absolute Gasteiger partial charge is 0.315 e. The first kappa shape index (κ1) is 36.3. The molecule has 1 aromatic carbocycles. The van der Waals surface area contributed by atoms with Crippen LogP contribution in [0.4, 0.5) is 4.79 Å². The Bertz CT molecular complexity index is 1290. The van der Waals surface area contributed by atoms with Crippen LogP contribution >= 0.6 is 0 Å². The van der Waals surface area contributed by atoms with Gasteiger partial charge in [-0.15, -0.1) is 18.9 Å². The van der Waals surface area contributed by atoms with E-state index in [2.05, 4.69) is 45.9 Å². The van der Waals surface area contributed by atoms with Crippen LogP contribution in [0.3, 0.4) is 0 Å². The molecule has 0 spiro atoms. The molecule has 0 radical (unpaired) electrons. The van der Waals surface area contributed by atoms with E-state index < -0.39 is 52.7 Å². The lowest BCUT2D eigenvalue weighted by Gasteiger charge is -2.40. The van der Waals surface area contributed by atoms with E-state index in [0.29, 0.717) is 19.4 Å². The summed E-state index contributed by atoms with van der Waals surface area (Å²) < 4.78 is 0. The Labute approximate surface area is 273 Å². The third kappa shape index (κ3) is 9.93. The zero-order valence-electron chi connectivity index (χ0n) is 27.8. The van der Waals surface area contributed by atoms with Gasteiger partial charge in [-0.1, -0.05) is 83.4 Å². The second-order valence-corrected chi connectivity index (χ2v) is 13.9. The summed E-state index contributed by atoms with van der Waals surface area (Å²) in [4.78, 5) is 68.3. The number of hydrogen-bond donors (Lipinski definition) is 4. The molecular weight excluding hydrogens is 582 g/mol. The quantitative estimate of drug-likeness (QED) is 0.149. The van der Waals surface area contributed by atoms with Gasteiger partial charge in [0, 0.05) is 25.0 Å². The molecule has 1 saturated carbocycles. The van der Waals surface area contributed by atoms with Crippen LogP contribution < -0.4 is 21.3 Å². The molecule has 1 aliphatic carbocycles. The van der Waals surface area contributed by atoms with E-state index in [9.17, 15) is 24.0 Å². The molecule has 1 saturated heterocycles. The third-order valence-corrected chi connectivity index (χ3v) is 8.90. The fourth-order valence-corrected chi connectivity index (χ4v) is 6.50. The number of terminal acetylenes is 1. The van der Waals surface area contributed by atoms with Crippen LogP contribution in [0, 0.1) is 23.7 Å². The van der Waals surface area contributed by atoms with Gasteiger partial charge < -0.3 is 26.2 Å². The number of ketones is 1. The van der Waals surface area contributed by atoms with Gasteiger partial charge in [0.2, 0.25) is 17.6 Å². The van der Waals surface area contributed by atoms with Gasteiger partial charge in [0.1, 0.15) is 12.1 Å². The highest BCUT2D eigenvalue weighted by atomic mass is 16.2. The third-order valence-electron chi connectivity index (χ3n) is 8.90. The Morgan fingerprint density at radius 1 is 1.09 bits per heavy atom. The zero-order valence-corrected chi connectivity index (χ0v) is 27.8. The Kier molecular flexibility index (Phi) is 13.0. The van der Waals surface area contributed by atoms with Crippen LogP contribution in [0.1, 0.15) is 84.6 Å². The average Bonchev–Trinajstić information content (AvgIpc) is 3.42. The molecule has 2 fully saturated rings. The zero-order chi connectivity index (χ0) is 33.9. The highest BCUT2D eigenvalue weighted by Gasteiger charge is 2.45. The molecule has 4 N–H and O–H groups in total. The van der Waals surface area contributed by atoms with Gasteiger partial charge in [-0.25, -0.2) is 4.79 Å². The van der Waals surface area contributed by atoms with Crippen LogP contribution in [0.15, 0.2) is 43.0 Å². The van der Waals surface area contributed by atoms with Crippen LogP contribution in [0.5, 0.6) is 0 Å². The highest BCUT2D eigenvalue weighted by molar-refractivity contribution is 6.38. The molecule has 3 rings (SSSR count). The number of amides is 5. The monoisotopic (exact) mass is 633 g/mol. The van der Waals surface area contributed by atoms with Crippen molar-refractivity contribution in [2.24, 2.45) is 11.3 Å². The largest absolute Gasteiger partial charge is 0.346 e. The van der Waals surface area contributed by atoms with E-state index in [0.717, 1.165) is 37.7 Å². The predicted octanol–water partition coefficient (Wildman–Crippen LogP) is 3.65. The lowest BCUT2D eigenvalue weighted by molar-refractivity contribution is -0.143. The van der Waals surface area contributed by atoms with Gasteiger partial charge in [-0.05, 0) is 49.0 Å². The number of hydrogen-bond acceptors (Lipinski definition) is 5. The van der Waals surface area contributed by atoms with Crippen molar-refractivity contribution in [3.8, 4) is 12.3 Å². The number of carbonyl (C=O) groups excluding carboxylic acids is 5. The van der Waals surface area contributed by atoms with Crippen molar-refractivity contribution >= 4 is 29.5 Å². The standard InChI is InChI=1S/C36H51N5O5/c1-7-9-18-27(29(42)32(44)37-21-8-2)38-31(43)28-22-25(3)24-41(28)33(45)30(35(4,5)6)39-34(46)40-36(19-14-11-15-20-36)23-26-16-12-10-13-17-26/h1,8,10,12-13,16-17,25,27-28,30H,2,9,11,14-15,18-24H2,3-6H3,(H,37,44)(H,38,43)(H2,39,40,46)/t25?,27?,28-,30?/m0/s1. The number of carbonyl (C=O) groups is 5. The maximum absolute atomic E-state index is 14.2. The van der Waals surface area contributed by atoms with Gasteiger partial charge in [0.25, 0.3) is 5.91 Å². The fourth-order valence-electron chi connectivity index (χ4n) is 6.50. The maximum atomic E-state index is 14.2. The SMILES string of the molecule is C#CCCC(NC(=O)[C@@H]1CC(C)CN1C(=O)C(NC(=O)NC1(Cc2ccccc2)CCCCC1)C(C)(C)C)C(=O)C(=O)NCC=C. The number of nitrogens with zero attached hydrogens (tertiary/aromatic N) is 1. The predicted molar refractivity (Wildman–Crippen MR) is 178 cm³/mol. The van der Waals surface area contributed by atoms with E-state index >= 15 is 0 Å². The molecule has 46 heavy (non-hydrogen) atoms. The summed E-state index contributed by atoms with van der Waals surface area (Å²) in [5.74, 6) is -0.121. The van der Waals surface area contributed by atoms with Crippen LogP contribution in [-0.4, -0.2) is 71.2 Å². The van der Waals surface area contributed by atoms with Gasteiger partial charge >= 0.3 is 6.03 Å². The van der Waals surface area contributed by atoms with Crippen molar-refractivity contribution in [3.63, 3.8) is 0 Å². The molecule has 10 nitrogen and oxygen atoms in total. The molecule has 0 aromatic heterocycles. The summed E-state index contributed by atoms with van der Waals surface area (Å²) in [7, 11) is 0. The molecule has 1 aromatic rings. The number of Topliss-reactive ketones (excluding diaryl/α,β-unsaturated/α-hetero) is 1. The Morgan fingerprint density at radius 3 is 2.37 bits per heavy atom. The second kappa shape index (κ2) is 16.4. The first-order valence-corrected chi connectivity index (χ1v) is 16.4. The van der Waals surface area contributed by atoms with E-state index in [-0.39, 0.29) is 31.2 Å². The van der Waals surface area contributed by atoms with Gasteiger partial charge in [0.05, 0.1) is 6.04 Å². The van der Waals surface area contributed by atoms with Crippen LogP contribution in [0.25, 0.3) is 0 Å². The van der Waals surface area contributed by atoms with Crippen molar-refractivity contribution in [1.29, 1.82) is 0 Å². The summed E-state index contributed by atoms with van der Waals surface area (Å²) >= 11 is 0. The lowest BCUT2D eigenvalue weighted by atomic mass is 9.77. The minimum Gasteiger partial charge on any atom is -0.346 e. The normalized spacial score (nSPS) is 20.4. The first-order chi connectivity index (χ1) is 21.8. The Hall–Kier alpha value is -4.13. The Morgan fingerprint density at radius 2 is 1.76 bits per heavy atom. The van der Waals surface area contributed by atoms with E-state index in [4.69, 9.17) is 6.42 Å². The summed E-state index contributed by atoms with van der Waals surface area (Å²) in [6.45, 7) is 11.5. The van der Waals surface area contributed by atoms with E-state index in [1.807, 2.05) is 45.9 Å². The van der Waals surface area contributed by atoms with Crippen molar-refractivity contribution in [1.82, 2.24) is 26.2 Å². The Balaban J connectivity index is 1.78. The molecular formula is C36H51N5O5. The first-order valence-electron chi connectivity index (χ1n) is 16.4. The lowest BCUT2D eigenvalue weighted by Crippen LogP contribution is -2.62.